The van der Waals surface area contributed by atoms with Crippen LogP contribution in [-0.4, -0.2) is 27.9 Å². The van der Waals surface area contributed by atoms with Crippen molar-refractivity contribution in [2.45, 2.75) is 59.5 Å². The Balaban J connectivity index is 2.12. The Morgan fingerprint density at radius 2 is 1.96 bits per heavy atom. The molecule has 1 aliphatic carbocycles. The van der Waals surface area contributed by atoms with Crippen molar-refractivity contribution in [2.24, 2.45) is 23.7 Å². The largest absolute Gasteiger partial charge is 0.507 e. The number of allylic oxidation sites excluding steroid dienone is 1. The van der Waals surface area contributed by atoms with E-state index in [9.17, 15) is 19.8 Å². The van der Waals surface area contributed by atoms with E-state index in [1.807, 2.05) is 26.8 Å². The van der Waals surface area contributed by atoms with Crippen LogP contribution in [0.1, 0.15) is 73.7 Å². The number of carbonyl (C=O) groups excluding carboxylic acids is 2. The third-order valence-corrected chi connectivity index (χ3v) is 6.19. The summed E-state index contributed by atoms with van der Waals surface area (Å²) in [6.07, 6.45) is 6.28. The number of aromatic hydroxyl groups is 2. The molecular weight excluding hydrogens is 356 g/mol. The molecule has 2 aliphatic rings. The standard InChI is InChI=1S/C23H30O5/c1-12(2)8-18(25)19-20(26)16-10-15-9-14(13(3)4)6-7-23(15,5)28-22(16)17(11-24)21(19)27/h6-7,11-15,26-27H,8-10H2,1-5H3/t14-,15+,23+/m0/s1. The molecule has 0 aromatic heterocycles. The minimum atomic E-state index is -0.613. The van der Waals surface area contributed by atoms with Crippen LogP contribution >= 0.6 is 0 Å². The van der Waals surface area contributed by atoms with Gasteiger partial charge in [-0.1, -0.05) is 33.8 Å². The van der Waals surface area contributed by atoms with Gasteiger partial charge in [-0.3, -0.25) is 9.59 Å². The van der Waals surface area contributed by atoms with E-state index in [1.165, 1.54) is 0 Å². The second-order valence-electron chi connectivity index (χ2n) is 9.12. The Bertz CT molecular complexity index is 836. The van der Waals surface area contributed by atoms with Crippen LogP contribution in [0.4, 0.5) is 0 Å². The first-order chi connectivity index (χ1) is 13.1. The highest BCUT2D eigenvalue weighted by atomic mass is 16.5. The molecule has 5 nitrogen and oxygen atoms in total. The number of benzene rings is 1. The third-order valence-electron chi connectivity index (χ3n) is 6.19. The van der Waals surface area contributed by atoms with Crippen LogP contribution in [0, 0.1) is 23.7 Å². The number of aldehydes is 1. The van der Waals surface area contributed by atoms with Gasteiger partial charge in [-0.15, -0.1) is 0 Å². The van der Waals surface area contributed by atoms with E-state index >= 15 is 0 Å². The summed E-state index contributed by atoms with van der Waals surface area (Å²) in [5, 5.41) is 21.5. The van der Waals surface area contributed by atoms with E-state index < -0.39 is 11.4 Å². The minimum absolute atomic E-state index is 0.0565. The Hall–Kier alpha value is -2.30. The van der Waals surface area contributed by atoms with Crippen molar-refractivity contribution in [1.29, 1.82) is 0 Å². The lowest BCUT2D eigenvalue weighted by atomic mass is 9.69. The van der Waals surface area contributed by atoms with Crippen molar-refractivity contribution >= 4 is 12.1 Å². The average molecular weight is 386 g/mol. The fraction of sp³-hybridized carbons (Fsp3) is 0.565. The summed E-state index contributed by atoms with van der Waals surface area (Å²) in [6, 6.07) is 0. The van der Waals surface area contributed by atoms with Crippen molar-refractivity contribution in [3.05, 3.63) is 28.8 Å². The number of Topliss-reactive ketones (excluding diaryl/α,β-unsaturated/α-hetero) is 1. The lowest BCUT2D eigenvalue weighted by molar-refractivity contribution is 0.0302. The molecule has 0 saturated heterocycles. The van der Waals surface area contributed by atoms with Crippen LogP contribution < -0.4 is 4.74 Å². The van der Waals surface area contributed by atoms with Crippen LogP contribution in [0.25, 0.3) is 0 Å². The molecule has 0 fully saturated rings. The average Bonchev–Trinajstić information content (AvgIpc) is 2.59. The van der Waals surface area contributed by atoms with E-state index in [0.29, 0.717) is 30.1 Å². The number of hydrogen-bond acceptors (Lipinski definition) is 5. The van der Waals surface area contributed by atoms with Gasteiger partial charge in [0.25, 0.3) is 0 Å². The monoisotopic (exact) mass is 386 g/mol. The summed E-state index contributed by atoms with van der Waals surface area (Å²) in [5.74, 6) is 0.169. The first kappa shape index (κ1) is 20.4. The first-order valence-corrected chi connectivity index (χ1v) is 10.1. The van der Waals surface area contributed by atoms with Crippen LogP contribution in [0.3, 0.4) is 0 Å². The molecule has 1 aromatic carbocycles. The Morgan fingerprint density at radius 1 is 1.29 bits per heavy atom. The predicted octanol–water partition coefficient (Wildman–Crippen LogP) is 4.68. The molecule has 0 bridgehead atoms. The van der Waals surface area contributed by atoms with Gasteiger partial charge in [0.15, 0.2) is 12.1 Å². The number of phenols is 2. The van der Waals surface area contributed by atoms with E-state index in [2.05, 4.69) is 19.9 Å². The number of fused-ring (bicyclic) bond motifs is 2. The van der Waals surface area contributed by atoms with Gasteiger partial charge in [0.2, 0.25) is 0 Å². The Kier molecular flexibility index (Phi) is 5.30. The second-order valence-corrected chi connectivity index (χ2v) is 9.12. The van der Waals surface area contributed by atoms with Gasteiger partial charge in [0.1, 0.15) is 28.4 Å². The van der Waals surface area contributed by atoms with Gasteiger partial charge in [0.05, 0.1) is 5.56 Å². The molecule has 2 N–H and O–H groups in total. The molecule has 1 aromatic rings. The van der Waals surface area contributed by atoms with Crippen molar-refractivity contribution < 1.29 is 24.5 Å². The van der Waals surface area contributed by atoms with E-state index in [1.54, 1.807) is 0 Å². The maximum atomic E-state index is 12.6. The molecule has 0 spiro atoms. The Labute approximate surface area is 166 Å². The SMILES string of the molecule is CC(C)CC(=O)c1c(O)c(C=O)c2c(c1O)C[C@H]1C[C@@H](C(C)C)C=C[C@@]1(C)O2. The number of ketones is 1. The maximum Gasteiger partial charge on any atom is 0.170 e. The summed E-state index contributed by atoms with van der Waals surface area (Å²) in [4.78, 5) is 24.4. The lowest BCUT2D eigenvalue weighted by Crippen LogP contribution is -2.47. The van der Waals surface area contributed by atoms with Gasteiger partial charge in [-0.25, -0.2) is 0 Å². The predicted molar refractivity (Wildman–Crippen MR) is 107 cm³/mol. The smallest absolute Gasteiger partial charge is 0.170 e. The van der Waals surface area contributed by atoms with Crippen molar-refractivity contribution in [3.63, 3.8) is 0 Å². The molecule has 28 heavy (non-hydrogen) atoms. The second kappa shape index (κ2) is 7.26. The molecule has 152 valence electrons. The number of carbonyl (C=O) groups is 2. The van der Waals surface area contributed by atoms with Crippen molar-refractivity contribution in [2.75, 3.05) is 0 Å². The van der Waals surface area contributed by atoms with Gasteiger partial charge in [-0.2, -0.15) is 0 Å². The number of ether oxygens (including phenoxy) is 1. The van der Waals surface area contributed by atoms with Crippen molar-refractivity contribution in [3.8, 4) is 17.2 Å². The lowest BCUT2D eigenvalue weighted by Gasteiger charge is -2.45. The van der Waals surface area contributed by atoms with Gasteiger partial charge >= 0.3 is 0 Å². The fourth-order valence-corrected chi connectivity index (χ4v) is 4.38. The van der Waals surface area contributed by atoms with Gasteiger partial charge < -0.3 is 14.9 Å². The molecule has 3 atom stereocenters. The molecule has 0 saturated carbocycles. The topological polar surface area (TPSA) is 83.8 Å². The summed E-state index contributed by atoms with van der Waals surface area (Å²) in [5.41, 5.74) is -0.377. The summed E-state index contributed by atoms with van der Waals surface area (Å²) in [7, 11) is 0. The van der Waals surface area contributed by atoms with E-state index in [-0.39, 0.29) is 46.7 Å². The molecular formula is C23H30O5. The van der Waals surface area contributed by atoms with Crippen LogP contribution in [-0.2, 0) is 6.42 Å². The van der Waals surface area contributed by atoms with E-state index in [4.69, 9.17) is 4.74 Å². The molecule has 0 radical (unpaired) electrons. The van der Waals surface area contributed by atoms with Crippen molar-refractivity contribution in [1.82, 2.24) is 0 Å². The minimum Gasteiger partial charge on any atom is -0.507 e. The van der Waals surface area contributed by atoms with Crippen LogP contribution in [0.2, 0.25) is 0 Å². The number of phenolic OH excluding ortho intramolecular Hbond substituents is 2. The molecule has 0 unspecified atom stereocenters. The highest BCUT2D eigenvalue weighted by Gasteiger charge is 2.45. The number of rotatable bonds is 5. The molecule has 1 aliphatic heterocycles. The van der Waals surface area contributed by atoms with Crippen LogP contribution in [0.5, 0.6) is 17.2 Å². The zero-order valence-electron chi connectivity index (χ0n) is 17.3. The Morgan fingerprint density at radius 3 is 2.54 bits per heavy atom. The molecule has 3 rings (SSSR count). The normalized spacial score (nSPS) is 26.0. The van der Waals surface area contributed by atoms with Gasteiger partial charge in [-0.05, 0) is 43.6 Å². The highest BCUT2D eigenvalue weighted by molar-refractivity contribution is 6.05. The zero-order valence-corrected chi connectivity index (χ0v) is 17.3. The maximum absolute atomic E-state index is 12.6. The quantitative estimate of drug-likeness (QED) is 0.436. The molecule has 1 heterocycles. The summed E-state index contributed by atoms with van der Waals surface area (Å²) < 4.78 is 6.20. The fourth-order valence-electron chi connectivity index (χ4n) is 4.38. The zero-order chi connectivity index (χ0) is 20.8. The molecule has 0 amide bonds. The first-order valence-electron chi connectivity index (χ1n) is 10.1. The summed E-state index contributed by atoms with van der Waals surface area (Å²) >= 11 is 0. The summed E-state index contributed by atoms with van der Waals surface area (Å²) in [6.45, 7) is 10.1. The van der Waals surface area contributed by atoms with Crippen LogP contribution in [0.15, 0.2) is 12.2 Å². The highest BCUT2D eigenvalue weighted by Crippen LogP contribution is 2.51. The number of hydrogen-bond donors (Lipinski definition) is 2. The van der Waals surface area contributed by atoms with E-state index in [0.717, 1.165) is 6.42 Å². The third kappa shape index (κ3) is 3.31. The van der Waals surface area contributed by atoms with Gasteiger partial charge in [0, 0.05) is 17.9 Å². The molecule has 5 heteroatoms.